The number of hydrogen-bond acceptors (Lipinski definition) is 3. The minimum atomic E-state index is -0.261. The highest BCUT2D eigenvalue weighted by Crippen LogP contribution is 2.14. The van der Waals surface area contributed by atoms with Crippen LogP contribution < -0.4 is 15.4 Å². The summed E-state index contributed by atoms with van der Waals surface area (Å²) in [4.78, 5) is 11.2. The zero-order chi connectivity index (χ0) is 13.2. The summed E-state index contributed by atoms with van der Waals surface area (Å²) in [6.07, 6.45) is 0.550. The van der Waals surface area contributed by atoms with E-state index in [2.05, 4.69) is 10.6 Å². The van der Waals surface area contributed by atoms with E-state index in [4.69, 9.17) is 21.4 Å². The number of aliphatic hydroxyl groups is 1. The lowest BCUT2D eigenvalue weighted by molar-refractivity contribution is 0.234. The predicted molar refractivity (Wildman–Crippen MR) is 70.1 cm³/mol. The second kappa shape index (κ2) is 8.60. The van der Waals surface area contributed by atoms with Crippen molar-refractivity contribution in [1.82, 2.24) is 10.6 Å². The molecule has 0 radical (unpaired) electrons. The number of ether oxygens (including phenoxy) is 1. The molecular weight excluding hydrogens is 256 g/mol. The van der Waals surface area contributed by atoms with Crippen LogP contribution in [0.15, 0.2) is 24.3 Å². The number of rotatable bonds is 7. The molecule has 1 aromatic carbocycles. The molecule has 0 atom stereocenters. The van der Waals surface area contributed by atoms with E-state index in [1.54, 1.807) is 24.3 Å². The lowest BCUT2D eigenvalue weighted by Crippen LogP contribution is -2.38. The molecule has 0 aromatic heterocycles. The van der Waals surface area contributed by atoms with Gasteiger partial charge in [-0.05, 0) is 30.7 Å². The van der Waals surface area contributed by atoms with Crippen molar-refractivity contribution in [3.63, 3.8) is 0 Å². The molecule has 0 bridgehead atoms. The fourth-order valence-corrected chi connectivity index (χ4v) is 1.33. The van der Waals surface area contributed by atoms with Crippen molar-refractivity contribution in [2.45, 2.75) is 6.42 Å². The molecule has 6 heteroatoms. The summed E-state index contributed by atoms with van der Waals surface area (Å²) in [5, 5.41) is 14.4. The monoisotopic (exact) mass is 272 g/mol. The molecule has 1 rings (SSSR count). The number of carbonyl (C=O) groups is 1. The minimum absolute atomic E-state index is 0.0694. The molecule has 3 N–H and O–H groups in total. The maximum absolute atomic E-state index is 11.2. The third-order valence-corrected chi connectivity index (χ3v) is 2.34. The zero-order valence-electron chi connectivity index (χ0n) is 9.99. The normalized spacial score (nSPS) is 9.89. The van der Waals surface area contributed by atoms with Gasteiger partial charge in [0.1, 0.15) is 12.4 Å². The Balaban J connectivity index is 2.07. The first-order valence-electron chi connectivity index (χ1n) is 5.73. The molecular formula is C12H17ClN2O3. The highest BCUT2D eigenvalue weighted by Gasteiger charge is 1.98. The first-order chi connectivity index (χ1) is 8.72. The number of urea groups is 1. The van der Waals surface area contributed by atoms with Crippen LogP contribution in [0.5, 0.6) is 5.75 Å². The van der Waals surface area contributed by atoms with Crippen LogP contribution in [-0.4, -0.2) is 37.4 Å². The fraction of sp³-hybridized carbons (Fsp3) is 0.417. The molecule has 0 saturated carbocycles. The van der Waals surface area contributed by atoms with Crippen molar-refractivity contribution in [3.05, 3.63) is 29.3 Å². The van der Waals surface area contributed by atoms with Crippen LogP contribution in [0.4, 0.5) is 4.79 Å². The summed E-state index contributed by atoms with van der Waals surface area (Å²) in [5.41, 5.74) is 0. The van der Waals surface area contributed by atoms with E-state index in [1.807, 2.05) is 0 Å². The average Bonchev–Trinajstić information content (AvgIpc) is 2.37. The van der Waals surface area contributed by atoms with Gasteiger partial charge in [0, 0.05) is 18.2 Å². The molecule has 0 unspecified atom stereocenters. The van der Waals surface area contributed by atoms with E-state index in [0.717, 1.165) is 0 Å². The van der Waals surface area contributed by atoms with Crippen molar-refractivity contribution in [3.8, 4) is 5.75 Å². The zero-order valence-corrected chi connectivity index (χ0v) is 10.7. The van der Waals surface area contributed by atoms with Crippen molar-refractivity contribution < 1.29 is 14.6 Å². The van der Waals surface area contributed by atoms with Crippen LogP contribution in [0.2, 0.25) is 5.02 Å². The molecule has 5 nitrogen and oxygen atoms in total. The van der Waals surface area contributed by atoms with Gasteiger partial charge >= 0.3 is 6.03 Å². The smallest absolute Gasteiger partial charge is 0.314 e. The van der Waals surface area contributed by atoms with Gasteiger partial charge in [-0.1, -0.05) is 11.6 Å². The van der Waals surface area contributed by atoms with E-state index >= 15 is 0 Å². The second-order valence-corrected chi connectivity index (χ2v) is 4.00. The van der Waals surface area contributed by atoms with Crippen LogP contribution in [0.1, 0.15) is 6.42 Å². The fourth-order valence-electron chi connectivity index (χ4n) is 1.21. The van der Waals surface area contributed by atoms with Gasteiger partial charge in [0.15, 0.2) is 0 Å². The number of hydrogen-bond donors (Lipinski definition) is 3. The average molecular weight is 273 g/mol. The SMILES string of the molecule is O=C(NCCCO)NCCOc1ccc(Cl)cc1. The molecule has 100 valence electrons. The van der Waals surface area contributed by atoms with E-state index in [1.165, 1.54) is 0 Å². The van der Waals surface area contributed by atoms with Crippen LogP contribution in [0.25, 0.3) is 0 Å². The standard InChI is InChI=1S/C12H17ClN2O3/c13-10-2-4-11(5-3-10)18-9-7-15-12(17)14-6-1-8-16/h2-5,16H,1,6-9H2,(H2,14,15,17). The molecule has 0 fully saturated rings. The lowest BCUT2D eigenvalue weighted by atomic mass is 10.3. The molecule has 18 heavy (non-hydrogen) atoms. The Morgan fingerprint density at radius 2 is 1.89 bits per heavy atom. The van der Waals surface area contributed by atoms with Crippen molar-refractivity contribution in [1.29, 1.82) is 0 Å². The molecule has 0 aliphatic heterocycles. The van der Waals surface area contributed by atoms with Crippen molar-refractivity contribution in [2.24, 2.45) is 0 Å². The number of aliphatic hydroxyl groups excluding tert-OH is 1. The number of nitrogens with one attached hydrogen (secondary N) is 2. The number of halogens is 1. The Morgan fingerprint density at radius 3 is 2.56 bits per heavy atom. The maximum Gasteiger partial charge on any atom is 0.314 e. The summed E-state index contributed by atoms with van der Waals surface area (Å²) in [7, 11) is 0. The number of carbonyl (C=O) groups excluding carboxylic acids is 1. The molecule has 0 spiro atoms. The van der Waals surface area contributed by atoms with Crippen LogP contribution >= 0.6 is 11.6 Å². The van der Waals surface area contributed by atoms with Gasteiger partial charge in [-0.2, -0.15) is 0 Å². The van der Waals surface area contributed by atoms with Crippen molar-refractivity contribution >= 4 is 17.6 Å². The summed E-state index contributed by atoms with van der Waals surface area (Å²) in [6, 6.07) is 6.76. The molecule has 0 aliphatic rings. The molecule has 0 saturated heterocycles. The number of amides is 2. The van der Waals surface area contributed by atoms with E-state index in [0.29, 0.717) is 36.9 Å². The van der Waals surface area contributed by atoms with E-state index in [9.17, 15) is 4.79 Å². The maximum atomic E-state index is 11.2. The third-order valence-electron chi connectivity index (χ3n) is 2.09. The van der Waals surface area contributed by atoms with Crippen LogP contribution in [0, 0.1) is 0 Å². The Morgan fingerprint density at radius 1 is 1.22 bits per heavy atom. The highest BCUT2D eigenvalue weighted by molar-refractivity contribution is 6.30. The largest absolute Gasteiger partial charge is 0.492 e. The van der Waals surface area contributed by atoms with Gasteiger partial charge in [0.25, 0.3) is 0 Å². The van der Waals surface area contributed by atoms with Crippen LogP contribution in [0.3, 0.4) is 0 Å². The van der Waals surface area contributed by atoms with Gasteiger partial charge in [-0.15, -0.1) is 0 Å². The molecule has 0 heterocycles. The van der Waals surface area contributed by atoms with Gasteiger partial charge in [0.2, 0.25) is 0 Å². The summed E-state index contributed by atoms with van der Waals surface area (Å²) in [5.74, 6) is 0.710. The quantitative estimate of drug-likeness (QED) is 0.657. The predicted octanol–water partition coefficient (Wildman–Crippen LogP) is 1.40. The van der Waals surface area contributed by atoms with Gasteiger partial charge in [0.05, 0.1) is 6.54 Å². The van der Waals surface area contributed by atoms with Gasteiger partial charge in [-0.3, -0.25) is 0 Å². The van der Waals surface area contributed by atoms with Crippen LogP contribution in [-0.2, 0) is 0 Å². The van der Waals surface area contributed by atoms with E-state index < -0.39 is 0 Å². The minimum Gasteiger partial charge on any atom is -0.492 e. The van der Waals surface area contributed by atoms with Gasteiger partial charge in [-0.25, -0.2) is 4.79 Å². The highest BCUT2D eigenvalue weighted by atomic mass is 35.5. The topological polar surface area (TPSA) is 70.6 Å². The van der Waals surface area contributed by atoms with Crippen molar-refractivity contribution in [2.75, 3.05) is 26.3 Å². The lowest BCUT2D eigenvalue weighted by Gasteiger charge is -2.08. The summed E-state index contributed by atoms with van der Waals surface area (Å²) >= 11 is 5.74. The summed E-state index contributed by atoms with van der Waals surface area (Å²) in [6.45, 7) is 1.32. The summed E-state index contributed by atoms with van der Waals surface area (Å²) < 4.78 is 5.40. The Kier molecular flexibility index (Phi) is 6.98. The molecule has 2 amide bonds. The number of benzene rings is 1. The Hall–Kier alpha value is -1.46. The van der Waals surface area contributed by atoms with Gasteiger partial charge < -0.3 is 20.5 Å². The molecule has 0 aliphatic carbocycles. The molecule has 1 aromatic rings. The first kappa shape index (κ1) is 14.6. The Labute approximate surface area is 111 Å². The first-order valence-corrected chi connectivity index (χ1v) is 6.11. The third kappa shape index (κ3) is 6.32. The Bertz CT molecular complexity index is 357. The second-order valence-electron chi connectivity index (χ2n) is 3.56. The van der Waals surface area contributed by atoms with E-state index in [-0.39, 0.29) is 12.6 Å².